The molecule has 1 aromatic heterocycles. The summed E-state index contributed by atoms with van der Waals surface area (Å²) in [6.07, 6.45) is 2.57. The van der Waals surface area contributed by atoms with E-state index in [1.165, 1.54) is 4.31 Å². The van der Waals surface area contributed by atoms with Crippen LogP contribution in [0, 0.1) is 0 Å². The van der Waals surface area contributed by atoms with Crippen molar-refractivity contribution in [1.29, 1.82) is 0 Å². The fourth-order valence-corrected chi connectivity index (χ4v) is 4.33. The Hall–Kier alpha value is -3.55. The molecule has 0 aliphatic rings. The predicted molar refractivity (Wildman–Crippen MR) is 120 cm³/mol. The number of carboxylic acid groups (broad SMARTS) is 1. The Labute approximate surface area is 182 Å². The molecule has 0 bridgehead atoms. The summed E-state index contributed by atoms with van der Waals surface area (Å²) in [7, 11) is 0. The first-order chi connectivity index (χ1) is 15.1. The van der Waals surface area contributed by atoms with Crippen LogP contribution in [0.1, 0.15) is 21.5 Å². The maximum Gasteiger partial charge on any atom is 0.335 e. The minimum Gasteiger partial charge on any atom is -0.755 e. The molecule has 156 valence electrons. The van der Waals surface area contributed by atoms with Gasteiger partial charge in [-0.15, -0.1) is 0 Å². The van der Waals surface area contributed by atoms with Crippen LogP contribution in [-0.2, 0) is 24.1 Å². The molecule has 1 unspecified atom stereocenters. The zero-order chi connectivity index (χ0) is 21.8. The molecule has 3 aromatic carbocycles. The van der Waals surface area contributed by atoms with Crippen LogP contribution >= 0.6 is 0 Å². The number of carboxylic acids is 1. The number of fused-ring (bicyclic) bond motifs is 1. The van der Waals surface area contributed by atoms with E-state index in [0.717, 1.165) is 10.9 Å². The monoisotopic (exact) mass is 431 g/mol. The first-order valence-electron chi connectivity index (χ1n) is 9.68. The van der Waals surface area contributed by atoms with E-state index in [1.54, 1.807) is 60.8 Å². The van der Waals surface area contributed by atoms with Crippen LogP contribution in [0.5, 0.6) is 0 Å². The average molecular weight is 431 g/mol. The van der Waals surface area contributed by atoms with Gasteiger partial charge in [0.2, 0.25) is 0 Å². The van der Waals surface area contributed by atoms with Gasteiger partial charge in [-0.25, -0.2) is 4.79 Å². The van der Waals surface area contributed by atoms with E-state index in [0.29, 0.717) is 35.3 Å². The van der Waals surface area contributed by atoms with Crippen molar-refractivity contribution in [3.63, 3.8) is 0 Å². The second-order valence-electron chi connectivity index (χ2n) is 6.95. The largest absolute Gasteiger partial charge is 0.755 e. The highest BCUT2D eigenvalue weighted by molar-refractivity contribution is 7.81. The Morgan fingerprint density at radius 3 is 2.29 bits per heavy atom. The molecule has 6 nitrogen and oxygen atoms in total. The van der Waals surface area contributed by atoms with Crippen LogP contribution in [0.3, 0.4) is 0 Å². The summed E-state index contributed by atoms with van der Waals surface area (Å²) in [5, 5.41) is 10.3. The minimum atomic E-state index is -2.58. The third kappa shape index (κ3) is 4.33. The molecule has 0 radical (unpaired) electrons. The normalized spacial score (nSPS) is 11.9. The first-order valence-corrected chi connectivity index (χ1v) is 10.7. The second kappa shape index (κ2) is 9.07. The SMILES string of the molecule is O=C(O)c1ccccc1CCc1ccccc1N(c1cccc2cccnc12)S(=O)[O-]. The summed E-state index contributed by atoms with van der Waals surface area (Å²) in [5.74, 6) is -0.979. The molecule has 4 rings (SSSR count). The highest BCUT2D eigenvalue weighted by atomic mass is 32.2. The van der Waals surface area contributed by atoms with Gasteiger partial charge in [0, 0.05) is 11.6 Å². The highest BCUT2D eigenvalue weighted by Gasteiger charge is 2.18. The fourth-order valence-electron chi connectivity index (χ4n) is 3.68. The van der Waals surface area contributed by atoms with E-state index in [2.05, 4.69) is 4.98 Å². The maximum absolute atomic E-state index is 12.3. The number of hydrogen-bond donors (Lipinski definition) is 1. The molecule has 1 atom stereocenters. The molecule has 1 N–H and O–H groups in total. The number of nitrogens with zero attached hydrogens (tertiary/aromatic N) is 2. The fraction of sp³-hybridized carbons (Fsp3) is 0.0833. The number of carbonyl (C=O) groups is 1. The summed E-state index contributed by atoms with van der Waals surface area (Å²) >= 11 is -2.58. The quantitative estimate of drug-likeness (QED) is 0.430. The standard InChI is InChI=1S/C24H20N2O4S/c27-24(28)20-11-3-1-7-17(20)14-15-18-8-2-4-12-21(18)26(31(29)30)22-13-5-9-19-10-6-16-25-23(19)22/h1-13,16H,14-15H2,(H,27,28)(H,29,30)/p-1. The van der Waals surface area contributed by atoms with Crippen molar-refractivity contribution in [1.82, 2.24) is 4.98 Å². The third-order valence-electron chi connectivity index (χ3n) is 5.10. The zero-order valence-electron chi connectivity index (χ0n) is 16.5. The summed E-state index contributed by atoms with van der Waals surface area (Å²) in [5.41, 5.74) is 3.31. The van der Waals surface area contributed by atoms with Gasteiger partial charge in [-0.05, 0) is 48.2 Å². The van der Waals surface area contributed by atoms with E-state index in [1.807, 2.05) is 24.3 Å². The molecule has 0 spiro atoms. The van der Waals surface area contributed by atoms with Crippen molar-refractivity contribution in [2.45, 2.75) is 12.8 Å². The Morgan fingerprint density at radius 2 is 1.52 bits per heavy atom. The highest BCUT2D eigenvalue weighted by Crippen LogP contribution is 2.34. The predicted octanol–water partition coefficient (Wildman–Crippen LogP) is 4.65. The maximum atomic E-state index is 12.3. The molecule has 0 fully saturated rings. The lowest BCUT2D eigenvalue weighted by Crippen LogP contribution is -2.21. The van der Waals surface area contributed by atoms with E-state index >= 15 is 0 Å². The molecular formula is C24H19N2O4S-. The van der Waals surface area contributed by atoms with E-state index < -0.39 is 17.2 Å². The molecule has 31 heavy (non-hydrogen) atoms. The number of aryl methyl sites for hydroxylation is 2. The lowest BCUT2D eigenvalue weighted by molar-refractivity contribution is 0.0695. The van der Waals surface area contributed by atoms with Gasteiger partial charge in [-0.1, -0.05) is 54.6 Å². The molecule has 7 heteroatoms. The van der Waals surface area contributed by atoms with Gasteiger partial charge < -0.3 is 9.66 Å². The van der Waals surface area contributed by atoms with Crippen molar-refractivity contribution in [2.75, 3.05) is 4.31 Å². The summed E-state index contributed by atoms with van der Waals surface area (Å²) < 4.78 is 25.9. The van der Waals surface area contributed by atoms with Crippen molar-refractivity contribution in [3.05, 3.63) is 102 Å². The number of aromatic carboxylic acids is 1. The Balaban J connectivity index is 1.74. The lowest BCUT2D eigenvalue weighted by Gasteiger charge is -2.29. The summed E-state index contributed by atoms with van der Waals surface area (Å²) in [4.78, 5) is 15.9. The van der Waals surface area contributed by atoms with E-state index in [9.17, 15) is 18.7 Å². The van der Waals surface area contributed by atoms with Gasteiger partial charge in [0.25, 0.3) is 0 Å². The van der Waals surface area contributed by atoms with Crippen LogP contribution in [0.4, 0.5) is 11.4 Å². The van der Waals surface area contributed by atoms with Gasteiger partial charge >= 0.3 is 5.97 Å². The second-order valence-corrected chi connectivity index (χ2v) is 7.75. The summed E-state index contributed by atoms with van der Waals surface area (Å²) in [6.45, 7) is 0. The van der Waals surface area contributed by atoms with Gasteiger partial charge in [-0.2, -0.15) is 0 Å². The number of para-hydroxylation sites is 2. The van der Waals surface area contributed by atoms with Crippen molar-refractivity contribution >= 4 is 39.5 Å². The Morgan fingerprint density at radius 1 is 0.871 bits per heavy atom. The molecule has 0 amide bonds. The number of aromatic nitrogens is 1. The van der Waals surface area contributed by atoms with Gasteiger partial charge in [-0.3, -0.25) is 13.5 Å². The van der Waals surface area contributed by atoms with Crippen molar-refractivity contribution in [2.24, 2.45) is 0 Å². The third-order valence-corrected chi connectivity index (χ3v) is 5.79. The van der Waals surface area contributed by atoms with Crippen molar-refractivity contribution in [3.8, 4) is 0 Å². The van der Waals surface area contributed by atoms with E-state index in [-0.39, 0.29) is 5.56 Å². The Bertz CT molecular complexity index is 1270. The number of anilines is 2. The molecule has 0 saturated carbocycles. The number of pyridine rings is 1. The van der Waals surface area contributed by atoms with Crippen molar-refractivity contribution < 1.29 is 18.7 Å². The van der Waals surface area contributed by atoms with Crippen LogP contribution in [-0.4, -0.2) is 24.8 Å². The van der Waals surface area contributed by atoms with Crippen LogP contribution < -0.4 is 4.31 Å². The molecular weight excluding hydrogens is 412 g/mol. The van der Waals surface area contributed by atoms with Gasteiger partial charge in [0.05, 0.1) is 33.7 Å². The molecule has 1 heterocycles. The van der Waals surface area contributed by atoms with Crippen LogP contribution in [0.2, 0.25) is 0 Å². The van der Waals surface area contributed by atoms with Crippen LogP contribution in [0.15, 0.2) is 85.1 Å². The smallest absolute Gasteiger partial charge is 0.335 e. The number of rotatable bonds is 7. The van der Waals surface area contributed by atoms with Gasteiger partial charge in [0.1, 0.15) is 0 Å². The molecule has 0 saturated heterocycles. The van der Waals surface area contributed by atoms with Crippen LogP contribution in [0.25, 0.3) is 10.9 Å². The topological polar surface area (TPSA) is 93.6 Å². The number of hydrogen-bond acceptors (Lipinski definition) is 4. The Kier molecular flexibility index (Phi) is 6.06. The average Bonchev–Trinajstić information content (AvgIpc) is 2.78. The zero-order valence-corrected chi connectivity index (χ0v) is 17.3. The minimum absolute atomic E-state index is 0.252. The number of benzene rings is 3. The van der Waals surface area contributed by atoms with Gasteiger partial charge in [0.15, 0.2) is 0 Å². The molecule has 4 aromatic rings. The first kappa shape index (κ1) is 20.7. The molecule has 0 aliphatic carbocycles. The van der Waals surface area contributed by atoms with E-state index in [4.69, 9.17) is 0 Å². The molecule has 0 aliphatic heterocycles. The lowest BCUT2D eigenvalue weighted by atomic mass is 9.99. The summed E-state index contributed by atoms with van der Waals surface area (Å²) in [6, 6.07) is 23.2.